The third-order valence-electron chi connectivity index (χ3n) is 2.69. The summed E-state index contributed by atoms with van der Waals surface area (Å²) >= 11 is 0. The first kappa shape index (κ1) is 20.0. The number of guanidine groups is 1. The van der Waals surface area contributed by atoms with Crippen molar-refractivity contribution in [1.29, 1.82) is 0 Å². The van der Waals surface area contributed by atoms with E-state index in [2.05, 4.69) is 22.1 Å². The van der Waals surface area contributed by atoms with Gasteiger partial charge in [0.15, 0.2) is 5.96 Å². The summed E-state index contributed by atoms with van der Waals surface area (Å²) in [5.74, 6) is 1.77. The third kappa shape index (κ3) is 8.77. The van der Waals surface area contributed by atoms with Gasteiger partial charge in [0.05, 0.1) is 19.7 Å². The molecule has 0 atom stereocenters. The molecule has 1 aromatic rings. The maximum absolute atomic E-state index is 5.68. The van der Waals surface area contributed by atoms with Crippen LogP contribution in [0.1, 0.15) is 6.92 Å². The topological polar surface area (TPSA) is 46.1 Å². The van der Waals surface area contributed by atoms with Gasteiger partial charge < -0.3 is 19.7 Å². The molecular formula is C15H26IN3O2. The van der Waals surface area contributed by atoms with Gasteiger partial charge in [-0.05, 0) is 19.1 Å². The van der Waals surface area contributed by atoms with Crippen LogP contribution >= 0.6 is 24.0 Å². The first-order valence-corrected chi connectivity index (χ1v) is 6.94. The van der Waals surface area contributed by atoms with Gasteiger partial charge in [-0.2, -0.15) is 0 Å². The standard InChI is InChI=1S/C15H25N3O2.HI/c1-4-16-15(17-10-12-19-3)18(2)11-13-20-14-8-6-5-7-9-14;/h5-9H,4,10-13H2,1-3H3,(H,16,17);1H. The average molecular weight is 407 g/mol. The summed E-state index contributed by atoms with van der Waals surface area (Å²) in [6.07, 6.45) is 0. The van der Waals surface area contributed by atoms with Crippen LogP contribution in [0.2, 0.25) is 0 Å². The Morgan fingerprint density at radius 2 is 1.95 bits per heavy atom. The molecule has 0 heterocycles. The summed E-state index contributed by atoms with van der Waals surface area (Å²) in [7, 11) is 3.68. The Morgan fingerprint density at radius 3 is 2.57 bits per heavy atom. The van der Waals surface area contributed by atoms with Crippen molar-refractivity contribution in [2.24, 2.45) is 4.99 Å². The van der Waals surface area contributed by atoms with E-state index in [0.717, 1.165) is 24.8 Å². The van der Waals surface area contributed by atoms with Gasteiger partial charge in [0.2, 0.25) is 0 Å². The molecule has 1 rings (SSSR count). The number of halogens is 1. The SMILES string of the molecule is CCNC(=NCCOC)N(C)CCOc1ccccc1.I. The molecule has 120 valence electrons. The maximum atomic E-state index is 5.68. The Morgan fingerprint density at radius 1 is 1.24 bits per heavy atom. The minimum atomic E-state index is 0. The number of benzene rings is 1. The minimum absolute atomic E-state index is 0. The van der Waals surface area contributed by atoms with E-state index in [1.807, 2.05) is 37.4 Å². The molecule has 6 heteroatoms. The van der Waals surface area contributed by atoms with Crippen LogP contribution in [0.25, 0.3) is 0 Å². The van der Waals surface area contributed by atoms with Gasteiger partial charge in [0.25, 0.3) is 0 Å². The first-order valence-electron chi connectivity index (χ1n) is 6.94. The van der Waals surface area contributed by atoms with Gasteiger partial charge in [-0.25, -0.2) is 0 Å². The predicted molar refractivity (Wildman–Crippen MR) is 97.8 cm³/mol. The van der Waals surface area contributed by atoms with Crippen molar-refractivity contribution in [1.82, 2.24) is 10.2 Å². The molecule has 0 saturated heterocycles. The summed E-state index contributed by atoms with van der Waals surface area (Å²) in [5, 5.41) is 3.25. The van der Waals surface area contributed by atoms with Gasteiger partial charge in [0, 0.05) is 20.7 Å². The maximum Gasteiger partial charge on any atom is 0.193 e. The van der Waals surface area contributed by atoms with Gasteiger partial charge in [-0.15, -0.1) is 24.0 Å². The van der Waals surface area contributed by atoms with Gasteiger partial charge >= 0.3 is 0 Å². The Labute approximate surface area is 144 Å². The fourth-order valence-electron chi connectivity index (χ4n) is 1.64. The highest BCUT2D eigenvalue weighted by atomic mass is 127. The quantitative estimate of drug-likeness (QED) is 0.311. The van der Waals surface area contributed by atoms with E-state index in [1.54, 1.807) is 7.11 Å². The number of methoxy groups -OCH3 is 1. The third-order valence-corrected chi connectivity index (χ3v) is 2.69. The van der Waals surface area contributed by atoms with Crippen molar-refractivity contribution >= 4 is 29.9 Å². The lowest BCUT2D eigenvalue weighted by Gasteiger charge is -2.22. The lowest BCUT2D eigenvalue weighted by atomic mass is 10.3. The lowest BCUT2D eigenvalue weighted by molar-refractivity contribution is 0.207. The van der Waals surface area contributed by atoms with Crippen LogP contribution in [0.3, 0.4) is 0 Å². The Balaban J connectivity index is 0.00000400. The minimum Gasteiger partial charge on any atom is -0.492 e. The van der Waals surface area contributed by atoms with Gasteiger partial charge in [-0.3, -0.25) is 4.99 Å². The molecule has 0 fully saturated rings. The molecule has 0 aromatic heterocycles. The first-order chi connectivity index (χ1) is 9.77. The van der Waals surface area contributed by atoms with Crippen molar-refractivity contribution in [3.8, 4) is 5.75 Å². The summed E-state index contributed by atoms with van der Waals surface area (Å²) in [6, 6.07) is 9.82. The number of nitrogens with one attached hydrogen (secondary N) is 1. The highest BCUT2D eigenvalue weighted by Crippen LogP contribution is 2.07. The molecule has 1 aromatic carbocycles. The fourth-order valence-corrected chi connectivity index (χ4v) is 1.64. The molecule has 0 aliphatic rings. The van der Waals surface area contributed by atoms with Crippen LogP contribution in [0.15, 0.2) is 35.3 Å². The van der Waals surface area contributed by atoms with Crippen molar-refractivity contribution in [3.05, 3.63) is 30.3 Å². The average Bonchev–Trinajstić information content (AvgIpc) is 2.47. The number of para-hydroxylation sites is 1. The Bertz CT molecular complexity index is 388. The lowest BCUT2D eigenvalue weighted by Crippen LogP contribution is -2.41. The zero-order chi connectivity index (χ0) is 14.6. The van der Waals surface area contributed by atoms with E-state index in [1.165, 1.54) is 0 Å². The molecular weight excluding hydrogens is 381 g/mol. The van der Waals surface area contributed by atoms with Crippen LogP contribution < -0.4 is 10.1 Å². The summed E-state index contributed by atoms with van der Waals surface area (Å²) in [5.41, 5.74) is 0. The van der Waals surface area contributed by atoms with Crippen LogP contribution in [-0.4, -0.2) is 57.9 Å². The van der Waals surface area contributed by atoms with Crippen LogP contribution in [0.4, 0.5) is 0 Å². The number of hydrogen-bond donors (Lipinski definition) is 1. The second-order valence-corrected chi connectivity index (χ2v) is 4.31. The van der Waals surface area contributed by atoms with Crippen LogP contribution in [-0.2, 0) is 4.74 Å². The number of hydrogen-bond acceptors (Lipinski definition) is 3. The largest absolute Gasteiger partial charge is 0.492 e. The second-order valence-electron chi connectivity index (χ2n) is 4.31. The van der Waals surface area contributed by atoms with E-state index in [4.69, 9.17) is 9.47 Å². The molecule has 21 heavy (non-hydrogen) atoms. The zero-order valence-electron chi connectivity index (χ0n) is 13.0. The van der Waals surface area contributed by atoms with Crippen molar-refractivity contribution in [2.75, 3.05) is 47.0 Å². The highest BCUT2D eigenvalue weighted by Gasteiger charge is 2.05. The number of ether oxygens (including phenoxy) is 2. The highest BCUT2D eigenvalue weighted by molar-refractivity contribution is 14.0. The molecule has 1 N–H and O–H groups in total. The summed E-state index contributed by atoms with van der Waals surface area (Å²) in [6.45, 7) is 5.57. The smallest absolute Gasteiger partial charge is 0.193 e. The monoisotopic (exact) mass is 407 g/mol. The Hall–Kier alpha value is -1.02. The van der Waals surface area contributed by atoms with Crippen LogP contribution in [0.5, 0.6) is 5.75 Å². The molecule has 0 aliphatic heterocycles. The van der Waals surface area contributed by atoms with E-state index in [-0.39, 0.29) is 24.0 Å². The number of nitrogens with zero attached hydrogens (tertiary/aromatic N) is 2. The molecule has 0 radical (unpaired) electrons. The van der Waals surface area contributed by atoms with Crippen molar-refractivity contribution < 1.29 is 9.47 Å². The molecule has 0 spiro atoms. The zero-order valence-corrected chi connectivity index (χ0v) is 15.4. The van der Waals surface area contributed by atoms with Crippen molar-refractivity contribution in [3.63, 3.8) is 0 Å². The van der Waals surface area contributed by atoms with E-state index in [0.29, 0.717) is 19.8 Å². The fraction of sp³-hybridized carbons (Fsp3) is 0.533. The number of rotatable bonds is 8. The number of likely N-dealkylation sites (N-methyl/N-ethyl adjacent to an activating group) is 1. The summed E-state index contributed by atoms with van der Waals surface area (Å²) in [4.78, 5) is 6.54. The van der Waals surface area contributed by atoms with Gasteiger partial charge in [-0.1, -0.05) is 18.2 Å². The van der Waals surface area contributed by atoms with E-state index < -0.39 is 0 Å². The normalized spacial score (nSPS) is 10.7. The van der Waals surface area contributed by atoms with Crippen molar-refractivity contribution in [2.45, 2.75) is 6.92 Å². The molecule has 0 bridgehead atoms. The Kier molecular flexibility index (Phi) is 12.1. The second kappa shape index (κ2) is 12.7. The molecule has 5 nitrogen and oxygen atoms in total. The number of aliphatic imine (C=N–C) groups is 1. The summed E-state index contributed by atoms with van der Waals surface area (Å²) < 4.78 is 10.7. The molecule has 0 aliphatic carbocycles. The molecule has 0 saturated carbocycles. The van der Waals surface area contributed by atoms with E-state index >= 15 is 0 Å². The molecule has 0 unspecified atom stereocenters. The predicted octanol–water partition coefficient (Wildman–Crippen LogP) is 2.23. The van der Waals surface area contributed by atoms with Crippen LogP contribution in [0, 0.1) is 0 Å². The van der Waals surface area contributed by atoms with Gasteiger partial charge in [0.1, 0.15) is 12.4 Å². The molecule has 0 amide bonds. The van der Waals surface area contributed by atoms with E-state index in [9.17, 15) is 0 Å².